The standard InChI is InChI=1S/C11H11NO2/c1-8-9(7-13)3-2-4-10(8)11-5-6-14-12-11/h2-6,13H,7H2,1H3. The lowest BCUT2D eigenvalue weighted by Crippen LogP contribution is -1.91. The highest BCUT2D eigenvalue weighted by molar-refractivity contribution is 5.64. The van der Waals surface area contributed by atoms with Gasteiger partial charge in [0.25, 0.3) is 0 Å². The summed E-state index contributed by atoms with van der Waals surface area (Å²) >= 11 is 0. The Bertz CT molecular complexity index is 421. The van der Waals surface area contributed by atoms with Gasteiger partial charge in [0.05, 0.1) is 6.61 Å². The molecule has 3 nitrogen and oxygen atoms in total. The van der Waals surface area contributed by atoms with Crippen LogP contribution in [0.3, 0.4) is 0 Å². The van der Waals surface area contributed by atoms with E-state index in [9.17, 15) is 0 Å². The molecule has 14 heavy (non-hydrogen) atoms. The zero-order valence-corrected chi connectivity index (χ0v) is 7.90. The number of aromatic nitrogens is 1. The molecule has 1 aromatic heterocycles. The highest BCUT2D eigenvalue weighted by Gasteiger charge is 2.07. The first kappa shape index (κ1) is 8.97. The van der Waals surface area contributed by atoms with Crippen molar-refractivity contribution in [2.45, 2.75) is 13.5 Å². The Balaban J connectivity index is 2.54. The molecule has 0 unspecified atom stereocenters. The van der Waals surface area contributed by atoms with E-state index in [2.05, 4.69) is 5.16 Å². The van der Waals surface area contributed by atoms with Gasteiger partial charge in [0.15, 0.2) is 0 Å². The van der Waals surface area contributed by atoms with Crippen LogP contribution < -0.4 is 0 Å². The smallest absolute Gasteiger partial charge is 0.124 e. The van der Waals surface area contributed by atoms with E-state index in [-0.39, 0.29) is 6.61 Å². The van der Waals surface area contributed by atoms with Crippen molar-refractivity contribution in [1.29, 1.82) is 0 Å². The molecule has 0 fully saturated rings. The quantitative estimate of drug-likeness (QED) is 0.787. The summed E-state index contributed by atoms with van der Waals surface area (Å²) in [4.78, 5) is 0. The summed E-state index contributed by atoms with van der Waals surface area (Å²) in [7, 11) is 0. The Kier molecular flexibility index (Phi) is 2.33. The van der Waals surface area contributed by atoms with Crippen LogP contribution in [0.1, 0.15) is 11.1 Å². The first-order valence-electron chi connectivity index (χ1n) is 4.43. The van der Waals surface area contributed by atoms with Gasteiger partial charge in [0.1, 0.15) is 12.0 Å². The van der Waals surface area contributed by atoms with Crippen LogP contribution in [-0.2, 0) is 6.61 Å². The van der Waals surface area contributed by atoms with Crippen LogP contribution in [0.2, 0.25) is 0 Å². The fourth-order valence-electron chi connectivity index (χ4n) is 1.48. The van der Waals surface area contributed by atoms with Crippen molar-refractivity contribution in [3.8, 4) is 11.3 Å². The van der Waals surface area contributed by atoms with E-state index in [1.54, 1.807) is 6.26 Å². The molecule has 0 atom stereocenters. The maximum Gasteiger partial charge on any atom is 0.124 e. The van der Waals surface area contributed by atoms with Crippen molar-refractivity contribution < 1.29 is 9.63 Å². The maximum absolute atomic E-state index is 9.10. The molecule has 0 aliphatic rings. The molecular formula is C11H11NO2. The average molecular weight is 189 g/mol. The summed E-state index contributed by atoms with van der Waals surface area (Å²) in [6.45, 7) is 2.02. The molecule has 0 radical (unpaired) electrons. The van der Waals surface area contributed by atoms with Gasteiger partial charge in [-0.25, -0.2) is 0 Å². The van der Waals surface area contributed by atoms with E-state index < -0.39 is 0 Å². The Morgan fingerprint density at radius 1 is 1.36 bits per heavy atom. The summed E-state index contributed by atoms with van der Waals surface area (Å²) < 4.78 is 4.78. The van der Waals surface area contributed by atoms with Crippen LogP contribution in [0, 0.1) is 6.92 Å². The fourth-order valence-corrected chi connectivity index (χ4v) is 1.48. The van der Waals surface area contributed by atoms with Gasteiger partial charge >= 0.3 is 0 Å². The van der Waals surface area contributed by atoms with Crippen LogP contribution >= 0.6 is 0 Å². The Labute approximate surface area is 82.0 Å². The maximum atomic E-state index is 9.10. The highest BCUT2D eigenvalue weighted by Crippen LogP contribution is 2.23. The van der Waals surface area contributed by atoms with E-state index in [1.165, 1.54) is 0 Å². The van der Waals surface area contributed by atoms with Crippen molar-refractivity contribution in [3.05, 3.63) is 41.7 Å². The third-order valence-corrected chi connectivity index (χ3v) is 2.33. The van der Waals surface area contributed by atoms with Crippen molar-refractivity contribution in [2.24, 2.45) is 0 Å². The third-order valence-electron chi connectivity index (χ3n) is 2.33. The molecule has 0 saturated heterocycles. The van der Waals surface area contributed by atoms with Crippen LogP contribution in [0.15, 0.2) is 35.1 Å². The Morgan fingerprint density at radius 3 is 2.86 bits per heavy atom. The van der Waals surface area contributed by atoms with Gasteiger partial charge in [0, 0.05) is 11.6 Å². The van der Waals surface area contributed by atoms with Gasteiger partial charge in [-0.3, -0.25) is 0 Å². The van der Waals surface area contributed by atoms with Gasteiger partial charge in [-0.15, -0.1) is 0 Å². The minimum Gasteiger partial charge on any atom is -0.392 e. The van der Waals surface area contributed by atoms with E-state index >= 15 is 0 Å². The number of hydrogen-bond acceptors (Lipinski definition) is 3. The van der Waals surface area contributed by atoms with Gasteiger partial charge in [-0.2, -0.15) is 0 Å². The number of rotatable bonds is 2. The second kappa shape index (κ2) is 3.64. The van der Waals surface area contributed by atoms with Crippen molar-refractivity contribution in [2.75, 3.05) is 0 Å². The molecule has 3 heteroatoms. The first-order chi connectivity index (χ1) is 6.83. The molecule has 1 aromatic carbocycles. The molecule has 72 valence electrons. The lowest BCUT2D eigenvalue weighted by molar-refractivity contribution is 0.281. The molecule has 0 bridgehead atoms. The molecular weight excluding hydrogens is 178 g/mol. The van der Waals surface area contributed by atoms with E-state index in [4.69, 9.17) is 9.63 Å². The van der Waals surface area contributed by atoms with Crippen molar-refractivity contribution >= 4 is 0 Å². The zero-order chi connectivity index (χ0) is 9.97. The molecule has 0 amide bonds. The fraction of sp³-hybridized carbons (Fsp3) is 0.182. The molecule has 0 spiro atoms. The second-order valence-corrected chi connectivity index (χ2v) is 3.13. The number of hydrogen-bond donors (Lipinski definition) is 1. The van der Waals surface area contributed by atoms with Crippen LogP contribution in [0.25, 0.3) is 11.3 Å². The van der Waals surface area contributed by atoms with E-state index in [1.807, 2.05) is 31.2 Å². The number of aliphatic hydroxyl groups is 1. The largest absolute Gasteiger partial charge is 0.392 e. The summed E-state index contributed by atoms with van der Waals surface area (Å²) in [6.07, 6.45) is 1.54. The van der Waals surface area contributed by atoms with Gasteiger partial charge in [-0.05, 0) is 18.1 Å². The van der Waals surface area contributed by atoms with Crippen LogP contribution in [0.4, 0.5) is 0 Å². The minimum absolute atomic E-state index is 0.0531. The van der Waals surface area contributed by atoms with Gasteiger partial charge in [0.2, 0.25) is 0 Å². The lowest BCUT2D eigenvalue weighted by atomic mass is 10.0. The second-order valence-electron chi connectivity index (χ2n) is 3.13. The van der Waals surface area contributed by atoms with Gasteiger partial charge in [-0.1, -0.05) is 23.4 Å². The number of aliphatic hydroxyl groups excluding tert-OH is 1. The molecule has 1 heterocycles. The third kappa shape index (κ3) is 1.42. The molecule has 2 rings (SSSR count). The minimum atomic E-state index is 0.0531. The van der Waals surface area contributed by atoms with Crippen LogP contribution in [0.5, 0.6) is 0 Å². The predicted molar refractivity (Wildman–Crippen MR) is 52.6 cm³/mol. The normalized spacial score (nSPS) is 10.4. The molecule has 0 aliphatic carbocycles. The summed E-state index contributed by atoms with van der Waals surface area (Å²) in [6, 6.07) is 7.58. The topological polar surface area (TPSA) is 46.3 Å². The van der Waals surface area contributed by atoms with Crippen molar-refractivity contribution in [3.63, 3.8) is 0 Å². The van der Waals surface area contributed by atoms with E-state index in [0.717, 1.165) is 22.4 Å². The van der Waals surface area contributed by atoms with Crippen LogP contribution in [-0.4, -0.2) is 10.3 Å². The SMILES string of the molecule is Cc1c(CO)cccc1-c1ccon1. The molecule has 1 N–H and O–H groups in total. The van der Waals surface area contributed by atoms with E-state index in [0.29, 0.717) is 0 Å². The predicted octanol–water partition coefficient (Wildman–Crippen LogP) is 2.14. The zero-order valence-electron chi connectivity index (χ0n) is 7.90. The monoisotopic (exact) mass is 189 g/mol. The average Bonchev–Trinajstić information content (AvgIpc) is 2.71. The first-order valence-corrected chi connectivity index (χ1v) is 4.43. The molecule has 0 saturated carbocycles. The lowest BCUT2D eigenvalue weighted by Gasteiger charge is -2.06. The van der Waals surface area contributed by atoms with Gasteiger partial charge < -0.3 is 9.63 Å². The highest BCUT2D eigenvalue weighted by atomic mass is 16.5. The Hall–Kier alpha value is -1.61. The molecule has 2 aromatic rings. The Morgan fingerprint density at radius 2 is 2.21 bits per heavy atom. The summed E-state index contributed by atoms with van der Waals surface area (Å²) in [5, 5.41) is 13.0. The summed E-state index contributed by atoms with van der Waals surface area (Å²) in [5.41, 5.74) is 3.78. The summed E-state index contributed by atoms with van der Waals surface area (Å²) in [5.74, 6) is 0. The number of benzene rings is 1. The number of nitrogens with zero attached hydrogens (tertiary/aromatic N) is 1. The molecule has 0 aliphatic heterocycles. The van der Waals surface area contributed by atoms with Crippen molar-refractivity contribution in [1.82, 2.24) is 5.16 Å².